The van der Waals surface area contributed by atoms with Crippen LogP contribution in [0.4, 0.5) is 8.78 Å². The van der Waals surface area contributed by atoms with Crippen molar-refractivity contribution < 1.29 is 8.78 Å². The molecule has 1 aromatic heterocycles. The summed E-state index contributed by atoms with van der Waals surface area (Å²) < 4.78 is 25.5. The highest BCUT2D eigenvalue weighted by Crippen LogP contribution is 2.39. The van der Waals surface area contributed by atoms with Gasteiger partial charge in [0.1, 0.15) is 0 Å². The number of alkyl halides is 3. The van der Waals surface area contributed by atoms with Crippen molar-refractivity contribution in [3.63, 3.8) is 0 Å². The smallest absolute Gasteiger partial charge is 0.207 e. The summed E-state index contributed by atoms with van der Waals surface area (Å²) in [5, 5.41) is 0. The highest BCUT2D eigenvalue weighted by Gasteiger charge is 2.27. The fraction of sp³-hybridized carbons (Fsp3) is 0.600. The molecule has 1 atom stereocenters. The van der Waals surface area contributed by atoms with Crippen molar-refractivity contribution in [1.82, 2.24) is 0 Å². The van der Waals surface area contributed by atoms with Gasteiger partial charge in [0.2, 0.25) is 5.92 Å². The van der Waals surface area contributed by atoms with E-state index >= 15 is 0 Å². The molecule has 0 N–H and O–H groups in total. The van der Waals surface area contributed by atoms with Crippen LogP contribution in [0.1, 0.15) is 33.5 Å². The molecule has 0 saturated heterocycles. The lowest BCUT2D eigenvalue weighted by atomic mass is 10.1. The molecule has 0 fully saturated rings. The van der Waals surface area contributed by atoms with Gasteiger partial charge in [-0.05, 0) is 32.4 Å². The molecule has 0 radical (unpaired) electrons. The van der Waals surface area contributed by atoms with Crippen LogP contribution in [-0.4, -0.2) is 5.92 Å². The lowest BCUT2D eigenvalue weighted by Gasteiger charge is -2.14. The molecule has 0 aliphatic heterocycles. The SMILES string of the molecule is Cc1cc(C)c(C(Br)CC(C)(F)F)s1. The van der Waals surface area contributed by atoms with Gasteiger partial charge >= 0.3 is 0 Å². The molecule has 0 aromatic carbocycles. The topological polar surface area (TPSA) is 0 Å². The molecule has 1 aromatic rings. The molecule has 0 spiro atoms. The Morgan fingerprint density at radius 1 is 1.50 bits per heavy atom. The van der Waals surface area contributed by atoms with Crippen LogP contribution in [0.15, 0.2) is 6.07 Å². The largest absolute Gasteiger partial charge is 0.246 e. The van der Waals surface area contributed by atoms with Crippen molar-refractivity contribution >= 4 is 27.3 Å². The van der Waals surface area contributed by atoms with E-state index in [1.54, 1.807) is 11.3 Å². The summed E-state index contributed by atoms with van der Waals surface area (Å²) in [7, 11) is 0. The second kappa shape index (κ2) is 4.27. The molecule has 0 bridgehead atoms. The molecule has 4 heteroatoms. The second-order valence-corrected chi connectivity index (χ2v) is 6.04. The van der Waals surface area contributed by atoms with Gasteiger partial charge in [-0.1, -0.05) is 15.9 Å². The molecule has 0 amide bonds. The summed E-state index contributed by atoms with van der Waals surface area (Å²) in [5.74, 6) is -2.61. The standard InChI is InChI=1S/C10H13BrF2S/c1-6-4-7(2)14-9(6)8(11)5-10(3,12)13/h4,8H,5H2,1-3H3. The van der Waals surface area contributed by atoms with Gasteiger partial charge in [0, 0.05) is 16.2 Å². The summed E-state index contributed by atoms with van der Waals surface area (Å²) in [4.78, 5) is 1.95. The summed E-state index contributed by atoms with van der Waals surface area (Å²) in [6, 6.07) is 2.03. The van der Waals surface area contributed by atoms with Gasteiger partial charge < -0.3 is 0 Å². The van der Waals surface area contributed by atoms with E-state index in [0.29, 0.717) is 0 Å². The minimum atomic E-state index is -2.61. The molecule has 1 rings (SSSR count). The Hall–Kier alpha value is 0.0400. The minimum absolute atomic E-state index is 0.145. The lowest BCUT2D eigenvalue weighted by molar-refractivity contribution is 0.0132. The van der Waals surface area contributed by atoms with Crippen LogP contribution in [0.25, 0.3) is 0 Å². The first-order valence-corrected chi connectivity index (χ1v) is 6.11. The van der Waals surface area contributed by atoms with E-state index in [0.717, 1.165) is 17.4 Å². The zero-order valence-electron chi connectivity index (χ0n) is 8.40. The van der Waals surface area contributed by atoms with Crippen LogP contribution in [0.5, 0.6) is 0 Å². The van der Waals surface area contributed by atoms with Gasteiger partial charge in [0.05, 0.1) is 4.83 Å². The van der Waals surface area contributed by atoms with Crippen LogP contribution in [0.2, 0.25) is 0 Å². The molecule has 0 nitrogen and oxygen atoms in total. The summed E-state index contributed by atoms with van der Waals surface area (Å²) in [5.41, 5.74) is 1.10. The van der Waals surface area contributed by atoms with Crippen LogP contribution >= 0.6 is 27.3 Å². The summed E-state index contributed by atoms with van der Waals surface area (Å²) in [6.45, 7) is 4.91. The van der Waals surface area contributed by atoms with Crippen molar-refractivity contribution in [2.45, 2.75) is 37.9 Å². The first-order valence-electron chi connectivity index (χ1n) is 4.38. The third-order valence-electron chi connectivity index (χ3n) is 1.90. The van der Waals surface area contributed by atoms with E-state index in [1.165, 1.54) is 4.88 Å². The number of thiophene rings is 1. The molecular weight excluding hydrogens is 270 g/mol. The van der Waals surface area contributed by atoms with Crippen molar-refractivity contribution in [3.8, 4) is 0 Å². The Kier molecular flexibility index (Phi) is 3.69. The first kappa shape index (κ1) is 12.1. The predicted octanol–water partition coefficient (Wildman–Crippen LogP) is 4.85. The molecule has 0 aliphatic rings. The van der Waals surface area contributed by atoms with E-state index in [2.05, 4.69) is 15.9 Å². The molecule has 14 heavy (non-hydrogen) atoms. The molecule has 1 heterocycles. The van der Waals surface area contributed by atoms with Crippen LogP contribution in [0.3, 0.4) is 0 Å². The van der Waals surface area contributed by atoms with Crippen molar-refractivity contribution in [3.05, 3.63) is 21.4 Å². The summed E-state index contributed by atoms with van der Waals surface area (Å²) >= 11 is 4.90. The maximum atomic E-state index is 12.8. The first-order chi connectivity index (χ1) is 6.29. The third kappa shape index (κ3) is 3.31. The second-order valence-electron chi connectivity index (χ2n) is 3.65. The average molecular weight is 283 g/mol. The highest BCUT2D eigenvalue weighted by molar-refractivity contribution is 9.09. The van der Waals surface area contributed by atoms with Crippen molar-refractivity contribution in [2.75, 3.05) is 0 Å². The Bertz CT molecular complexity index is 314. The number of hydrogen-bond acceptors (Lipinski definition) is 1. The molecule has 0 aliphatic carbocycles. The van der Waals surface area contributed by atoms with Gasteiger partial charge in [-0.15, -0.1) is 11.3 Å². The number of hydrogen-bond donors (Lipinski definition) is 0. The molecular formula is C10H13BrF2S. The highest BCUT2D eigenvalue weighted by atomic mass is 79.9. The van der Waals surface area contributed by atoms with Gasteiger partial charge in [0.15, 0.2) is 0 Å². The quantitative estimate of drug-likeness (QED) is 0.696. The number of aryl methyl sites for hydroxylation is 2. The molecule has 1 unspecified atom stereocenters. The minimum Gasteiger partial charge on any atom is -0.207 e. The van der Waals surface area contributed by atoms with Crippen LogP contribution < -0.4 is 0 Å². The molecule has 80 valence electrons. The van der Waals surface area contributed by atoms with Crippen LogP contribution in [-0.2, 0) is 0 Å². The van der Waals surface area contributed by atoms with E-state index in [1.807, 2.05) is 19.9 Å². The summed E-state index contributed by atoms with van der Waals surface area (Å²) in [6.07, 6.45) is -0.145. The zero-order chi connectivity index (χ0) is 10.9. The average Bonchev–Trinajstić information content (AvgIpc) is 2.26. The van der Waals surface area contributed by atoms with Crippen molar-refractivity contribution in [1.29, 1.82) is 0 Å². The van der Waals surface area contributed by atoms with Gasteiger partial charge in [0.25, 0.3) is 0 Å². The lowest BCUT2D eigenvalue weighted by Crippen LogP contribution is -2.12. The van der Waals surface area contributed by atoms with Gasteiger partial charge in [-0.3, -0.25) is 0 Å². The monoisotopic (exact) mass is 282 g/mol. The normalized spacial score (nSPS) is 14.4. The third-order valence-corrected chi connectivity index (χ3v) is 4.25. The maximum Gasteiger partial charge on any atom is 0.246 e. The predicted molar refractivity (Wildman–Crippen MR) is 60.7 cm³/mol. The Morgan fingerprint density at radius 3 is 2.43 bits per heavy atom. The maximum absolute atomic E-state index is 12.8. The fourth-order valence-corrected chi connectivity index (χ4v) is 3.60. The van der Waals surface area contributed by atoms with Crippen LogP contribution in [0, 0.1) is 13.8 Å². The van der Waals surface area contributed by atoms with E-state index in [-0.39, 0.29) is 11.2 Å². The molecule has 0 saturated carbocycles. The number of rotatable bonds is 3. The fourth-order valence-electron chi connectivity index (χ4n) is 1.38. The van der Waals surface area contributed by atoms with E-state index in [9.17, 15) is 8.78 Å². The van der Waals surface area contributed by atoms with Gasteiger partial charge in [-0.2, -0.15) is 0 Å². The Morgan fingerprint density at radius 2 is 2.07 bits per heavy atom. The number of halogens is 3. The van der Waals surface area contributed by atoms with Gasteiger partial charge in [-0.25, -0.2) is 8.78 Å². The van der Waals surface area contributed by atoms with E-state index < -0.39 is 5.92 Å². The Balaban J connectivity index is 2.79. The van der Waals surface area contributed by atoms with Crippen molar-refractivity contribution in [2.24, 2.45) is 0 Å². The Labute approximate surface area is 95.5 Å². The zero-order valence-corrected chi connectivity index (χ0v) is 10.8. The van der Waals surface area contributed by atoms with E-state index in [4.69, 9.17) is 0 Å².